The Morgan fingerprint density at radius 3 is 2.12 bits per heavy atom. The highest BCUT2D eigenvalue weighted by Crippen LogP contribution is 2.73. The van der Waals surface area contributed by atoms with Crippen molar-refractivity contribution in [1.82, 2.24) is 0 Å². The van der Waals surface area contributed by atoms with Crippen molar-refractivity contribution < 1.29 is 10.2 Å². The van der Waals surface area contributed by atoms with E-state index in [-0.39, 0.29) is 33.9 Å². The molecule has 0 aliphatic heterocycles. The van der Waals surface area contributed by atoms with Gasteiger partial charge in [-0.25, -0.2) is 0 Å². The van der Waals surface area contributed by atoms with Crippen LogP contribution in [0.3, 0.4) is 0 Å². The number of rotatable bonds is 0. The summed E-state index contributed by atoms with van der Waals surface area (Å²) < 4.78 is 0. The molecule has 0 radical (unpaired) electrons. The van der Waals surface area contributed by atoms with Crippen LogP contribution in [0.2, 0.25) is 0 Å². The third-order valence-electron chi connectivity index (χ3n) is 12.7. The van der Waals surface area contributed by atoms with Crippen molar-refractivity contribution >= 4 is 0 Å². The molecular formula is C30H48O2. The molecule has 0 aromatic carbocycles. The van der Waals surface area contributed by atoms with Gasteiger partial charge in [0.15, 0.2) is 0 Å². The third kappa shape index (κ3) is 2.92. The highest BCUT2D eigenvalue weighted by atomic mass is 16.3. The minimum Gasteiger partial charge on any atom is -0.393 e. The predicted molar refractivity (Wildman–Crippen MR) is 131 cm³/mol. The topological polar surface area (TPSA) is 40.5 Å². The Morgan fingerprint density at radius 2 is 1.44 bits per heavy atom. The highest BCUT2D eigenvalue weighted by Gasteiger charge is 2.67. The van der Waals surface area contributed by atoms with Gasteiger partial charge >= 0.3 is 0 Å². The van der Waals surface area contributed by atoms with E-state index < -0.39 is 0 Å². The van der Waals surface area contributed by atoms with E-state index in [9.17, 15) is 10.2 Å². The first-order valence-corrected chi connectivity index (χ1v) is 13.6. The summed E-state index contributed by atoms with van der Waals surface area (Å²) >= 11 is 0. The van der Waals surface area contributed by atoms with Crippen LogP contribution in [-0.2, 0) is 0 Å². The fourth-order valence-electron chi connectivity index (χ4n) is 10.9. The summed E-state index contributed by atoms with van der Waals surface area (Å²) in [5, 5.41) is 22.7. The average Bonchev–Trinajstić information content (AvgIpc) is 2.72. The Hall–Kier alpha value is -0.520. The van der Waals surface area contributed by atoms with Crippen LogP contribution in [-0.4, -0.2) is 22.4 Å². The van der Waals surface area contributed by atoms with E-state index in [1.54, 1.807) is 0 Å². The number of aliphatic hydroxyl groups is 2. The van der Waals surface area contributed by atoms with Crippen molar-refractivity contribution in [1.29, 1.82) is 0 Å². The van der Waals surface area contributed by atoms with E-state index in [0.29, 0.717) is 35.0 Å². The average molecular weight is 441 g/mol. The van der Waals surface area contributed by atoms with Crippen LogP contribution in [0.5, 0.6) is 0 Å². The molecule has 5 aliphatic carbocycles. The standard InChI is InChI=1S/C30H48O2/c1-8-30-14-9-19-25(20(30)18-26(2,3)15-16-30)21(31)17-23-28(19,6)12-10-22-27(4,5)24(32)11-13-29(22,23)7/h1,19-25,31-32H,9-18H2,2-7H3. The van der Waals surface area contributed by atoms with Crippen molar-refractivity contribution in [3.8, 4) is 12.3 Å². The van der Waals surface area contributed by atoms with Crippen LogP contribution >= 0.6 is 0 Å². The van der Waals surface area contributed by atoms with Crippen LogP contribution in [0.4, 0.5) is 0 Å². The predicted octanol–water partition coefficient (Wildman–Crippen LogP) is 6.44. The van der Waals surface area contributed by atoms with Gasteiger partial charge in [0.25, 0.3) is 0 Å². The van der Waals surface area contributed by atoms with E-state index in [2.05, 4.69) is 47.5 Å². The first-order chi connectivity index (χ1) is 14.8. The van der Waals surface area contributed by atoms with E-state index in [1.165, 1.54) is 32.1 Å². The molecule has 0 bridgehead atoms. The van der Waals surface area contributed by atoms with Gasteiger partial charge in [-0.1, -0.05) is 47.5 Å². The molecular weight excluding hydrogens is 392 g/mol. The van der Waals surface area contributed by atoms with Crippen molar-refractivity contribution in [2.24, 2.45) is 56.7 Å². The molecule has 0 saturated heterocycles. The maximum absolute atomic E-state index is 11.8. The molecule has 2 N–H and O–H groups in total. The Morgan fingerprint density at radius 1 is 0.750 bits per heavy atom. The lowest BCUT2D eigenvalue weighted by Crippen LogP contribution is -2.66. The lowest BCUT2D eigenvalue weighted by Gasteiger charge is -2.70. The van der Waals surface area contributed by atoms with Crippen LogP contribution in [0.15, 0.2) is 0 Å². The zero-order chi connectivity index (χ0) is 23.3. The summed E-state index contributed by atoms with van der Waals surface area (Å²) in [6.45, 7) is 14.6. The van der Waals surface area contributed by atoms with Crippen LogP contribution < -0.4 is 0 Å². The number of aliphatic hydroxyl groups excluding tert-OH is 2. The van der Waals surface area contributed by atoms with Gasteiger partial charge in [0.05, 0.1) is 12.2 Å². The first kappa shape index (κ1) is 23.2. The number of hydrogen-bond donors (Lipinski definition) is 2. The van der Waals surface area contributed by atoms with Gasteiger partial charge in [-0.2, -0.15) is 0 Å². The van der Waals surface area contributed by atoms with Gasteiger partial charge in [-0.15, -0.1) is 6.42 Å². The highest BCUT2D eigenvalue weighted by molar-refractivity contribution is 5.21. The molecule has 5 aliphatic rings. The third-order valence-corrected chi connectivity index (χ3v) is 12.7. The SMILES string of the molecule is C#CC12CCC3C(C(O)CC4C3(C)CCC3C(C)(C)C(O)CCC34C)C1CC(C)(C)CC2. The Labute approximate surface area is 197 Å². The summed E-state index contributed by atoms with van der Waals surface area (Å²) in [5.74, 6) is 5.84. The van der Waals surface area contributed by atoms with E-state index in [4.69, 9.17) is 6.42 Å². The van der Waals surface area contributed by atoms with E-state index in [1.807, 2.05) is 0 Å². The molecule has 0 spiro atoms. The molecule has 5 fully saturated rings. The molecule has 0 aromatic rings. The number of fused-ring (bicyclic) bond motifs is 7. The normalized spacial score (nSPS) is 56.0. The molecule has 10 atom stereocenters. The van der Waals surface area contributed by atoms with Crippen molar-refractivity contribution in [3.05, 3.63) is 0 Å². The summed E-state index contributed by atoms with van der Waals surface area (Å²) in [5.41, 5.74) is 0.815. The fourth-order valence-corrected chi connectivity index (χ4v) is 10.9. The molecule has 180 valence electrons. The molecule has 2 heteroatoms. The fraction of sp³-hybridized carbons (Fsp3) is 0.933. The van der Waals surface area contributed by atoms with Gasteiger partial charge in [0, 0.05) is 5.41 Å². The lowest BCUT2D eigenvalue weighted by atomic mass is 9.35. The van der Waals surface area contributed by atoms with Crippen molar-refractivity contribution in [2.75, 3.05) is 0 Å². The quantitative estimate of drug-likeness (QED) is 0.425. The van der Waals surface area contributed by atoms with Crippen LogP contribution in [0.1, 0.15) is 106 Å². The van der Waals surface area contributed by atoms with Gasteiger partial charge in [-0.3, -0.25) is 0 Å². The zero-order valence-corrected chi connectivity index (χ0v) is 21.6. The van der Waals surface area contributed by atoms with Gasteiger partial charge in [0.2, 0.25) is 0 Å². The zero-order valence-electron chi connectivity index (χ0n) is 21.6. The molecule has 0 heterocycles. The summed E-state index contributed by atoms with van der Waals surface area (Å²) in [6.07, 6.45) is 17.2. The summed E-state index contributed by atoms with van der Waals surface area (Å²) in [4.78, 5) is 0. The molecule has 10 unspecified atom stereocenters. The maximum atomic E-state index is 11.8. The molecule has 2 nitrogen and oxygen atoms in total. The first-order valence-electron chi connectivity index (χ1n) is 13.6. The molecule has 0 aromatic heterocycles. The van der Waals surface area contributed by atoms with Gasteiger partial charge in [0.1, 0.15) is 0 Å². The largest absolute Gasteiger partial charge is 0.393 e. The van der Waals surface area contributed by atoms with Crippen molar-refractivity contribution in [2.45, 2.75) is 118 Å². The minimum atomic E-state index is -0.226. The Bertz CT molecular complexity index is 806. The lowest BCUT2D eigenvalue weighted by molar-refractivity contribution is -0.240. The summed E-state index contributed by atoms with van der Waals surface area (Å²) in [6, 6.07) is 0. The molecule has 32 heavy (non-hydrogen) atoms. The van der Waals surface area contributed by atoms with Crippen LogP contribution in [0, 0.1) is 69.0 Å². The van der Waals surface area contributed by atoms with Gasteiger partial charge in [-0.05, 0) is 115 Å². The van der Waals surface area contributed by atoms with E-state index >= 15 is 0 Å². The second-order valence-electron chi connectivity index (χ2n) is 14.8. The monoisotopic (exact) mass is 440 g/mol. The molecule has 5 rings (SSSR count). The summed E-state index contributed by atoms with van der Waals surface area (Å²) in [7, 11) is 0. The maximum Gasteiger partial charge on any atom is 0.0594 e. The van der Waals surface area contributed by atoms with Crippen LogP contribution in [0.25, 0.3) is 0 Å². The number of terminal acetylenes is 1. The molecule has 5 saturated carbocycles. The Balaban J connectivity index is 1.53. The Kier molecular flexibility index (Phi) is 5.09. The second kappa shape index (κ2) is 7.01. The minimum absolute atomic E-state index is 0.0128. The smallest absolute Gasteiger partial charge is 0.0594 e. The number of hydrogen-bond acceptors (Lipinski definition) is 2. The van der Waals surface area contributed by atoms with Gasteiger partial charge < -0.3 is 10.2 Å². The second-order valence-corrected chi connectivity index (χ2v) is 14.8. The van der Waals surface area contributed by atoms with Crippen molar-refractivity contribution in [3.63, 3.8) is 0 Å². The van der Waals surface area contributed by atoms with E-state index in [0.717, 1.165) is 32.1 Å². The molecule has 0 amide bonds.